The number of amides is 1. The summed E-state index contributed by atoms with van der Waals surface area (Å²) in [6.07, 6.45) is 7.74. The highest BCUT2D eigenvalue weighted by molar-refractivity contribution is 5.75. The molecular weight excluding hydrogens is 374 g/mol. The molecule has 2 aliphatic heterocycles. The molecule has 0 N–H and O–H groups in total. The zero-order chi connectivity index (χ0) is 20.8. The number of pyridine rings is 1. The van der Waals surface area contributed by atoms with Crippen LogP contribution in [-0.2, 0) is 24.2 Å². The summed E-state index contributed by atoms with van der Waals surface area (Å²) in [6, 6.07) is 12.6. The van der Waals surface area contributed by atoms with Crippen LogP contribution in [0.1, 0.15) is 42.5 Å². The molecule has 4 rings (SSSR count). The van der Waals surface area contributed by atoms with Crippen molar-refractivity contribution in [3.63, 3.8) is 0 Å². The average molecular weight is 408 g/mol. The third kappa shape index (κ3) is 5.60. The number of likely N-dealkylation sites (N-methyl/N-ethyl adjacent to an activating group) is 1. The van der Waals surface area contributed by atoms with Crippen LogP contribution in [-0.4, -0.2) is 54.0 Å². The Morgan fingerprint density at radius 2 is 2.23 bits per heavy atom. The number of fused-ring (bicyclic) bond motifs is 1. The van der Waals surface area contributed by atoms with E-state index >= 15 is 0 Å². The van der Waals surface area contributed by atoms with Crippen LogP contribution < -0.4 is 4.74 Å². The van der Waals surface area contributed by atoms with Gasteiger partial charge in [-0.25, -0.2) is 0 Å². The average Bonchev–Trinajstić information content (AvgIpc) is 3.25. The third-order valence-corrected chi connectivity index (χ3v) is 6.38. The van der Waals surface area contributed by atoms with E-state index in [-0.39, 0.29) is 5.91 Å². The lowest BCUT2D eigenvalue weighted by Crippen LogP contribution is -2.36. The van der Waals surface area contributed by atoms with Crippen LogP contribution in [0.3, 0.4) is 0 Å². The Labute approximate surface area is 180 Å². The van der Waals surface area contributed by atoms with E-state index in [9.17, 15) is 4.79 Å². The van der Waals surface area contributed by atoms with Gasteiger partial charge in [-0.15, -0.1) is 0 Å². The number of carbonyl (C=O) groups excluding carboxylic acids is 1. The van der Waals surface area contributed by atoms with Crippen molar-refractivity contribution in [1.29, 1.82) is 0 Å². The first-order valence-corrected chi connectivity index (χ1v) is 11.3. The molecule has 2 aromatic rings. The number of carbonyl (C=O) groups is 1. The SMILES string of the molecule is CN(CCc1ccccn1)C(=O)CC[C@@H]1CCCN(Cc2ccc3c(c2)CCO3)C1. The van der Waals surface area contributed by atoms with Gasteiger partial charge in [0.2, 0.25) is 5.91 Å². The number of aromatic nitrogens is 1. The first-order valence-electron chi connectivity index (χ1n) is 11.3. The number of hydrogen-bond acceptors (Lipinski definition) is 4. The summed E-state index contributed by atoms with van der Waals surface area (Å²) in [5.74, 6) is 1.92. The van der Waals surface area contributed by atoms with Gasteiger partial charge in [0.1, 0.15) is 5.75 Å². The molecule has 30 heavy (non-hydrogen) atoms. The summed E-state index contributed by atoms with van der Waals surface area (Å²) < 4.78 is 5.62. The van der Waals surface area contributed by atoms with Crippen LogP contribution in [0.25, 0.3) is 0 Å². The molecule has 1 atom stereocenters. The molecule has 1 aromatic carbocycles. The van der Waals surface area contributed by atoms with Crippen LogP contribution in [0.5, 0.6) is 5.75 Å². The molecule has 0 radical (unpaired) electrons. The maximum Gasteiger partial charge on any atom is 0.222 e. The first-order chi connectivity index (χ1) is 14.7. The second-order valence-electron chi connectivity index (χ2n) is 8.71. The number of piperidine rings is 1. The fourth-order valence-electron chi connectivity index (χ4n) is 4.60. The lowest BCUT2D eigenvalue weighted by Gasteiger charge is -2.33. The van der Waals surface area contributed by atoms with Crippen LogP contribution in [0, 0.1) is 5.92 Å². The summed E-state index contributed by atoms with van der Waals surface area (Å²) in [6.45, 7) is 4.80. The predicted octanol–water partition coefficient (Wildman–Crippen LogP) is 3.71. The Balaban J connectivity index is 1.20. The van der Waals surface area contributed by atoms with Crippen LogP contribution in [0.2, 0.25) is 0 Å². The summed E-state index contributed by atoms with van der Waals surface area (Å²) in [5.41, 5.74) is 3.77. The zero-order valence-corrected chi connectivity index (χ0v) is 18.1. The van der Waals surface area contributed by atoms with Gasteiger partial charge in [-0.05, 0) is 61.1 Å². The largest absolute Gasteiger partial charge is 0.493 e. The smallest absolute Gasteiger partial charge is 0.222 e. The molecule has 0 saturated carbocycles. The Hall–Kier alpha value is -2.40. The summed E-state index contributed by atoms with van der Waals surface area (Å²) in [7, 11) is 1.91. The number of benzene rings is 1. The van der Waals surface area contributed by atoms with Gasteiger partial charge < -0.3 is 9.64 Å². The topological polar surface area (TPSA) is 45.7 Å². The lowest BCUT2D eigenvalue weighted by atomic mass is 9.92. The molecule has 3 heterocycles. The normalized spacial score (nSPS) is 18.6. The van der Waals surface area contributed by atoms with Crippen molar-refractivity contribution >= 4 is 5.91 Å². The minimum absolute atomic E-state index is 0.252. The highest BCUT2D eigenvalue weighted by Gasteiger charge is 2.22. The van der Waals surface area contributed by atoms with E-state index in [1.54, 1.807) is 0 Å². The number of ether oxygens (including phenoxy) is 1. The van der Waals surface area contributed by atoms with Crippen molar-refractivity contribution in [2.75, 3.05) is 33.3 Å². The second kappa shape index (κ2) is 10.1. The van der Waals surface area contributed by atoms with Crippen molar-refractivity contribution in [3.8, 4) is 5.75 Å². The van der Waals surface area contributed by atoms with Crippen molar-refractivity contribution in [2.45, 2.75) is 45.1 Å². The minimum atomic E-state index is 0.252. The summed E-state index contributed by atoms with van der Waals surface area (Å²) >= 11 is 0. The Kier molecular flexibility index (Phi) is 7.00. The van der Waals surface area contributed by atoms with Gasteiger partial charge in [0.25, 0.3) is 0 Å². The zero-order valence-electron chi connectivity index (χ0n) is 18.1. The standard InChI is InChI=1S/C25H33N3O2/c1-27(15-11-23-6-2-3-13-26-23)25(29)10-8-20-5-4-14-28(18-20)19-21-7-9-24-22(17-21)12-16-30-24/h2-3,6-7,9,13,17,20H,4-5,8,10-12,14-16,18-19H2,1H3/t20-/m0/s1. The quantitative estimate of drug-likeness (QED) is 0.669. The molecule has 5 heteroatoms. The van der Waals surface area contributed by atoms with Crippen molar-refractivity contribution in [1.82, 2.24) is 14.8 Å². The molecule has 1 saturated heterocycles. The molecule has 5 nitrogen and oxygen atoms in total. The molecular formula is C25H33N3O2. The van der Waals surface area contributed by atoms with E-state index in [1.165, 1.54) is 24.0 Å². The molecule has 160 valence electrons. The van der Waals surface area contributed by atoms with E-state index in [4.69, 9.17) is 4.74 Å². The molecule has 0 aliphatic carbocycles. The van der Waals surface area contributed by atoms with E-state index < -0.39 is 0 Å². The lowest BCUT2D eigenvalue weighted by molar-refractivity contribution is -0.130. The number of nitrogens with zero attached hydrogens (tertiary/aromatic N) is 3. The molecule has 1 aromatic heterocycles. The van der Waals surface area contributed by atoms with Gasteiger partial charge in [0, 0.05) is 57.8 Å². The Bertz CT molecular complexity index is 840. The molecule has 2 aliphatic rings. The van der Waals surface area contributed by atoms with Gasteiger partial charge >= 0.3 is 0 Å². The monoisotopic (exact) mass is 407 g/mol. The van der Waals surface area contributed by atoms with Crippen LogP contribution >= 0.6 is 0 Å². The Morgan fingerprint density at radius 1 is 1.30 bits per heavy atom. The van der Waals surface area contributed by atoms with E-state index in [0.717, 1.165) is 63.5 Å². The fourth-order valence-corrected chi connectivity index (χ4v) is 4.60. The third-order valence-electron chi connectivity index (χ3n) is 6.38. The molecule has 0 spiro atoms. The number of rotatable bonds is 8. The molecule has 0 unspecified atom stereocenters. The minimum Gasteiger partial charge on any atom is -0.493 e. The number of hydrogen-bond donors (Lipinski definition) is 0. The molecule has 1 fully saturated rings. The van der Waals surface area contributed by atoms with Crippen molar-refractivity contribution in [2.24, 2.45) is 5.92 Å². The van der Waals surface area contributed by atoms with E-state index in [2.05, 4.69) is 28.1 Å². The molecule has 0 bridgehead atoms. The maximum absolute atomic E-state index is 12.6. The van der Waals surface area contributed by atoms with Gasteiger partial charge in [-0.2, -0.15) is 0 Å². The van der Waals surface area contributed by atoms with Crippen LogP contribution in [0.15, 0.2) is 42.6 Å². The van der Waals surface area contributed by atoms with E-state index in [0.29, 0.717) is 12.3 Å². The fraction of sp³-hybridized carbons (Fsp3) is 0.520. The van der Waals surface area contributed by atoms with Gasteiger partial charge in [0.15, 0.2) is 0 Å². The van der Waals surface area contributed by atoms with Gasteiger partial charge in [-0.1, -0.05) is 18.2 Å². The summed E-state index contributed by atoms with van der Waals surface area (Å²) in [4.78, 5) is 21.3. The number of likely N-dealkylation sites (tertiary alicyclic amines) is 1. The highest BCUT2D eigenvalue weighted by Crippen LogP contribution is 2.28. The van der Waals surface area contributed by atoms with Crippen molar-refractivity contribution in [3.05, 3.63) is 59.4 Å². The van der Waals surface area contributed by atoms with Crippen LogP contribution in [0.4, 0.5) is 0 Å². The second-order valence-corrected chi connectivity index (χ2v) is 8.71. The van der Waals surface area contributed by atoms with Gasteiger partial charge in [0.05, 0.1) is 6.61 Å². The maximum atomic E-state index is 12.6. The van der Waals surface area contributed by atoms with Gasteiger partial charge in [-0.3, -0.25) is 14.7 Å². The Morgan fingerprint density at radius 3 is 3.10 bits per heavy atom. The van der Waals surface area contributed by atoms with E-state index in [1.807, 2.05) is 36.3 Å². The van der Waals surface area contributed by atoms with Crippen molar-refractivity contribution < 1.29 is 9.53 Å². The predicted molar refractivity (Wildman–Crippen MR) is 118 cm³/mol. The molecule has 1 amide bonds. The first kappa shape index (κ1) is 20.9. The summed E-state index contributed by atoms with van der Waals surface area (Å²) in [5, 5.41) is 0. The highest BCUT2D eigenvalue weighted by atomic mass is 16.5.